The van der Waals surface area contributed by atoms with E-state index in [0.717, 1.165) is 24.0 Å². The van der Waals surface area contributed by atoms with Crippen molar-refractivity contribution in [3.63, 3.8) is 0 Å². The first kappa shape index (κ1) is 18.3. The second kappa shape index (κ2) is 8.27. The largest absolute Gasteiger partial charge is 0.489 e. The molecular formula is C20H16Cl2N2O2. The molecule has 1 saturated carbocycles. The summed E-state index contributed by atoms with van der Waals surface area (Å²) in [4.78, 5) is 12.0. The van der Waals surface area contributed by atoms with Crippen LogP contribution in [-0.4, -0.2) is 11.9 Å². The van der Waals surface area contributed by atoms with Gasteiger partial charge in [0.15, 0.2) is 0 Å². The lowest BCUT2D eigenvalue weighted by Gasteiger charge is -2.08. The van der Waals surface area contributed by atoms with Gasteiger partial charge in [-0.25, -0.2) is 0 Å². The SMILES string of the molecule is N#C/C(=C/c1cccc(OCc2ccc(Cl)c(Cl)c2)c1)C(=O)NC1CC1. The summed E-state index contributed by atoms with van der Waals surface area (Å²) in [6.45, 7) is 0.331. The van der Waals surface area contributed by atoms with Crippen molar-refractivity contribution in [2.45, 2.75) is 25.5 Å². The highest BCUT2D eigenvalue weighted by Crippen LogP contribution is 2.24. The zero-order valence-electron chi connectivity index (χ0n) is 13.8. The lowest BCUT2D eigenvalue weighted by Crippen LogP contribution is -2.26. The van der Waals surface area contributed by atoms with Crippen LogP contribution in [-0.2, 0) is 11.4 Å². The molecule has 0 radical (unpaired) electrons. The van der Waals surface area contributed by atoms with Gasteiger partial charge < -0.3 is 10.1 Å². The van der Waals surface area contributed by atoms with Gasteiger partial charge in [0.25, 0.3) is 5.91 Å². The molecule has 0 atom stereocenters. The number of hydrogen-bond donors (Lipinski definition) is 1. The molecule has 26 heavy (non-hydrogen) atoms. The van der Waals surface area contributed by atoms with Crippen LogP contribution in [0.15, 0.2) is 48.0 Å². The summed E-state index contributed by atoms with van der Waals surface area (Å²) >= 11 is 11.9. The minimum Gasteiger partial charge on any atom is -0.489 e. The van der Waals surface area contributed by atoms with E-state index >= 15 is 0 Å². The maximum atomic E-state index is 12.0. The van der Waals surface area contributed by atoms with E-state index in [0.29, 0.717) is 22.4 Å². The molecule has 3 rings (SSSR count). The fourth-order valence-electron chi connectivity index (χ4n) is 2.30. The Morgan fingerprint density at radius 1 is 1.23 bits per heavy atom. The Morgan fingerprint density at radius 3 is 2.73 bits per heavy atom. The van der Waals surface area contributed by atoms with Gasteiger partial charge in [-0.15, -0.1) is 0 Å². The number of carbonyl (C=O) groups excluding carboxylic acids is 1. The fraction of sp³-hybridized carbons (Fsp3) is 0.200. The van der Waals surface area contributed by atoms with Gasteiger partial charge >= 0.3 is 0 Å². The Balaban J connectivity index is 1.68. The van der Waals surface area contributed by atoms with Gasteiger partial charge in [0.05, 0.1) is 10.0 Å². The van der Waals surface area contributed by atoms with Crippen molar-refractivity contribution in [1.29, 1.82) is 5.26 Å². The lowest BCUT2D eigenvalue weighted by atomic mass is 10.1. The van der Waals surface area contributed by atoms with Crippen LogP contribution < -0.4 is 10.1 Å². The predicted molar refractivity (Wildman–Crippen MR) is 102 cm³/mol. The number of benzene rings is 2. The molecule has 132 valence electrons. The van der Waals surface area contributed by atoms with Crippen molar-refractivity contribution in [2.24, 2.45) is 0 Å². The maximum absolute atomic E-state index is 12.0. The molecule has 0 saturated heterocycles. The van der Waals surface area contributed by atoms with E-state index in [1.54, 1.807) is 24.3 Å². The third-order valence-corrected chi connectivity index (χ3v) is 4.58. The molecule has 1 aliphatic rings. The number of ether oxygens (including phenoxy) is 1. The number of halogens is 2. The molecular weight excluding hydrogens is 371 g/mol. The van der Waals surface area contributed by atoms with Crippen LogP contribution in [0.4, 0.5) is 0 Å². The summed E-state index contributed by atoms with van der Waals surface area (Å²) in [6.07, 6.45) is 3.51. The summed E-state index contributed by atoms with van der Waals surface area (Å²) < 4.78 is 5.76. The van der Waals surface area contributed by atoms with E-state index in [9.17, 15) is 10.1 Å². The quantitative estimate of drug-likeness (QED) is 0.574. The minimum absolute atomic E-state index is 0.0820. The molecule has 2 aromatic carbocycles. The highest BCUT2D eigenvalue weighted by atomic mass is 35.5. The van der Waals surface area contributed by atoms with Gasteiger partial charge in [0, 0.05) is 6.04 Å². The van der Waals surface area contributed by atoms with Crippen molar-refractivity contribution in [3.05, 3.63) is 69.2 Å². The first-order chi connectivity index (χ1) is 12.5. The van der Waals surface area contributed by atoms with Gasteiger partial charge in [0.1, 0.15) is 24.0 Å². The molecule has 0 heterocycles. The number of nitrogens with zero attached hydrogens (tertiary/aromatic N) is 1. The molecule has 2 aromatic rings. The summed E-state index contributed by atoms with van der Waals surface area (Å²) in [5.74, 6) is 0.293. The Hall–Kier alpha value is -2.48. The summed E-state index contributed by atoms with van der Waals surface area (Å²) in [5, 5.41) is 13.0. The Morgan fingerprint density at radius 2 is 2.04 bits per heavy atom. The highest BCUT2D eigenvalue weighted by molar-refractivity contribution is 6.42. The topological polar surface area (TPSA) is 62.1 Å². The molecule has 4 nitrogen and oxygen atoms in total. The summed E-state index contributed by atoms with van der Waals surface area (Å²) in [5.41, 5.74) is 1.69. The van der Waals surface area contributed by atoms with Crippen molar-refractivity contribution < 1.29 is 9.53 Å². The number of nitriles is 1. The first-order valence-electron chi connectivity index (χ1n) is 8.14. The molecule has 1 fully saturated rings. The maximum Gasteiger partial charge on any atom is 0.262 e. The molecule has 6 heteroatoms. The van der Waals surface area contributed by atoms with Crippen LogP contribution in [0, 0.1) is 11.3 Å². The van der Waals surface area contributed by atoms with Crippen LogP contribution in [0.5, 0.6) is 5.75 Å². The molecule has 0 aromatic heterocycles. The zero-order valence-corrected chi connectivity index (χ0v) is 15.3. The number of nitrogens with one attached hydrogen (secondary N) is 1. The van der Waals surface area contributed by atoms with Crippen LogP contribution in [0.1, 0.15) is 24.0 Å². The Bertz CT molecular complexity index is 899. The Labute approximate surface area is 162 Å². The molecule has 0 bridgehead atoms. The second-order valence-corrected chi connectivity index (χ2v) is 6.84. The highest BCUT2D eigenvalue weighted by Gasteiger charge is 2.24. The van der Waals surface area contributed by atoms with E-state index < -0.39 is 0 Å². The third kappa shape index (κ3) is 5.01. The normalized spacial score (nSPS) is 13.8. The summed E-state index contributed by atoms with van der Waals surface area (Å²) in [7, 11) is 0. The van der Waals surface area contributed by atoms with Crippen LogP contribution in [0.2, 0.25) is 10.0 Å². The van der Waals surface area contributed by atoms with E-state index in [-0.39, 0.29) is 17.5 Å². The summed E-state index contributed by atoms with van der Waals surface area (Å²) in [6, 6.07) is 14.7. The second-order valence-electron chi connectivity index (χ2n) is 6.03. The molecule has 1 N–H and O–H groups in total. The molecule has 0 aliphatic heterocycles. The number of carbonyl (C=O) groups is 1. The van der Waals surface area contributed by atoms with E-state index in [1.807, 2.05) is 30.3 Å². The van der Waals surface area contributed by atoms with Crippen LogP contribution in [0.25, 0.3) is 6.08 Å². The lowest BCUT2D eigenvalue weighted by molar-refractivity contribution is -0.117. The third-order valence-electron chi connectivity index (χ3n) is 3.84. The van der Waals surface area contributed by atoms with Crippen molar-refractivity contribution in [2.75, 3.05) is 0 Å². The number of hydrogen-bond acceptors (Lipinski definition) is 3. The van der Waals surface area contributed by atoms with Crippen LogP contribution in [0.3, 0.4) is 0 Å². The smallest absolute Gasteiger partial charge is 0.262 e. The molecule has 0 unspecified atom stereocenters. The predicted octanol–water partition coefficient (Wildman–Crippen LogP) is 4.76. The van der Waals surface area contributed by atoms with E-state index in [2.05, 4.69) is 5.32 Å². The minimum atomic E-state index is -0.336. The van der Waals surface area contributed by atoms with Crippen molar-refractivity contribution >= 4 is 35.2 Å². The molecule has 1 amide bonds. The molecule has 0 spiro atoms. The number of amides is 1. The van der Waals surface area contributed by atoms with Gasteiger partial charge in [0.2, 0.25) is 0 Å². The van der Waals surface area contributed by atoms with Gasteiger partial charge in [-0.2, -0.15) is 5.26 Å². The van der Waals surface area contributed by atoms with Crippen molar-refractivity contribution in [1.82, 2.24) is 5.32 Å². The zero-order chi connectivity index (χ0) is 18.5. The standard InChI is InChI=1S/C20H16Cl2N2O2/c21-18-7-4-14(10-19(18)22)12-26-17-3-1-2-13(9-17)8-15(11-23)20(25)24-16-5-6-16/h1-4,7-10,16H,5-6,12H2,(H,24,25)/b15-8-. The van der Waals surface area contributed by atoms with Gasteiger partial charge in [-0.3, -0.25) is 4.79 Å². The Kier molecular flexibility index (Phi) is 5.82. The van der Waals surface area contributed by atoms with E-state index in [1.165, 1.54) is 0 Å². The van der Waals surface area contributed by atoms with Crippen LogP contribution >= 0.6 is 23.2 Å². The van der Waals surface area contributed by atoms with Gasteiger partial charge in [-0.1, -0.05) is 41.4 Å². The average molecular weight is 387 g/mol. The first-order valence-corrected chi connectivity index (χ1v) is 8.90. The fourth-order valence-corrected chi connectivity index (χ4v) is 2.62. The average Bonchev–Trinajstić information content (AvgIpc) is 3.45. The monoisotopic (exact) mass is 386 g/mol. The van der Waals surface area contributed by atoms with Crippen molar-refractivity contribution in [3.8, 4) is 11.8 Å². The van der Waals surface area contributed by atoms with Gasteiger partial charge in [-0.05, 0) is 54.3 Å². The number of rotatable bonds is 6. The van der Waals surface area contributed by atoms with E-state index in [4.69, 9.17) is 27.9 Å². The molecule has 1 aliphatic carbocycles.